The van der Waals surface area contributed by atoms with Crippen LogP contribution in [0.5, 0.6) is 5.75 Å². The van der Waals surface area contributed by atoms with Crippen LogP contribution in [0.25, 0.3) is 0 Å². The van der Waals surface area contributed by atoms with E-state index in [9.17, 15) is 14.4 Å². The maximum Gasteiger partial charge on any atom is 0.244 e. The zero-order chi connectivity index (χ0) is 19.3. The summed E-state index contributed by atoms with van der Waals surface area (Å²) in [6, 6.07) is 5.45. The lowest BCUT2D eigenvalue weighted by Gasteiger charge is -2.47. The molecule has 0 radical (unpaired) electrons. The molecule has 1 aliphatic heterocycles. The molecular weight excluding hydrogens is 332 g/mol. The lowest BCUT2D eigenvalue weighted by Crippen LogP contribution is -2.60. The number of carbonyl (C=O) groups is 3. The first-order valence-electron chi connectivity index (χ1n) is 8.92. The van der Waals surface area contributed by atoms with E-state index in [0.29, 0.717) is 24.3 Å². The number of nitrogens with zero attached hydrogens (tertiary/aromatic N) is 1. The summed E-state index contributed by atoms with van der Waals surface area (Å²) in [7, 11) is 1.53. The van der Waals surface area contributed by atoms with E-state index >= 15 is 0 Å². The standard InChI is InChI=1S/C20H26N2O4/c1-12-6-7-15(26-5)14(10-12)21-16(23)11-22-17(24)13-8-9-20(4,18(22)25)19(13,2)3/h6-7,10,13H,8-9,11H2,1-5H3,(H,21,23). The van der Waals surface area contributed by atoms with E-state index in [1.807, 2.05) is 33.8 Å². The van der Waals surface area contributed by atoms with E-state index in [1.165, 1.54) is 7.11 Å². The molecule has 6 nitrogen and oxygen atoms in total. The van der Waals surface area contributed by atoms with Gasteiger partial charge < -0.3 is 10.1 Å². The van der Waals surface area contributed by atoms with Crippen molar-refractivity contribution in [3.05, 3.63) is 23.8 Å². The van der Waals surface area contributed by atoms with E-state index in [4.69, 9.17) is 4.74 Å². The number of benzene rings is 1. The summed E-state index contributed by atoms with van der Waals surface area (Å²) in [5.41, 5.74) is 0.517. The number of amides is 3. The fraction of sp³-hybridized carbons (Fsp3) is 0.550. The third-order valence-corrected chi connectivity index (χ3v) is 6.44. The van der Waals surface area contributed by atoms with Gasteiger partial charge in [-0.2, -0.15) is 0 Å². The molecule has 1 aromatic carbocycles. The van der Waals surface area contributed by atoms with Crippen LogP contribution in [0, 0.1) is 23.7 Å². The number of rotatable bonds is 4. The number of fused-ring (bicyclic) bond motifs is 2. The number of likely N-dealkylation sites (tertiary alicyclic amines) is 1. The van der Waals surface area contributed by atoms with Crippen molar-refractivity contribution in [2.24, 2.45) is 16.7 Å². The van der Waals surface area contributed by atoms with Crippen molar-refractivity contribution in [2.75, 3.05) is 19.0 Å². The van der Waals surface area contributed by atoms with Gasteiger partial charge in [0.2, 0.25) is 17.7 Å². The molecule has 1 aliphatic carbocycles. The minimum atomic E-state index is -0.604. The van der Waals surface area contributed by atoms with E-state index in [-0.39, 0.29) is 29.7 Å². The zero-order valence-corrected chi connectivity index (χ0v) is 16.0. The van der Waals surface area contributed by atoms with Crippen LogP contribution in [0.2, 0.25) is 0 Å². The van der Waals surface area contributed by atoms with E-state index < -0.39 is 11.3 Å². The topological polar surface area (TPSA) is 75.7 Å². The lowest BCUT2D eigenvalue weighted by atomic mass is 9.62. The molecule has 1 saturated heterocycles. The van der Waals surface area contributed by atoms with Gasteiger partial charge in [-0.3, -0.25) is 19.3 Å². The van der Waals surface area contributed by atoms with Crippen molar-refractivity contribution in [1.82, 2.24) is 4.90 Å². The predicted molar refractivity (Wildman–Crippen MR) is 97.7 cm³/mol. The molecule has 1 heterocycles. The minimum Gasteiger partial charge on any atom is -0.495 e. The van der Waals surface area contributed by atoms with Gasteiger partial charge in [-0.05, 0) is 42.9 Å². The number of nitrogens with one attached hydrogen (secondary N) is 1. The molecular formula is C20H26N2O4. The van der Waals surface area contributed by atoms with Gasteiger partial charge in [0.1, 0.15) is 12.3 Å². The van der Waals surface area contributed by atoms with Crippen molar-refractivity contribution in [3.63, 3.8) is 0 Å². The van der Waals surface area contributed by atoms with Crippen LogP contribution in [0.15, 0.2) is 18.2 Å². The van der Waals surface area contributed by atoms with E-state index in [2.05, 4.69) is 5.32 Å². The molecule has 1 aromatic rings. The first-order chi connectivity index (χ1) is 12.1. The molecule has 2 aliphatic rings. The first kappa shape index (κ1) is 18.4. The summed E-state index contributed by atoms with van der Waals surface area (Å²) in [5.74, 6) is -0.563. The number of piperidine rings is 1. The maximum atomic E-state index is 13.0. The van der Waals surface area contributed by atoms with Gasteiger partial charge in [0, 0.05) is 5.92 Å². The van der Waals surface area contributed by atoms with E-state index in [0.717, 1.165) is 10.5 Å². The van der Waals surface area contributed by atoms with Crippen LogP contribution in [0.1, 0.15) is 39.2 Å². The number of ether oxygens (including phenoxy) is 1. The van der Waals surface area contributed by atoms with Crippen LogP contribution >= 0.6 is 0 Å². The van der Waals surface area contributed by atoms with Crippen molar-refractivity contribution in [1.29, 1.82) is 0 Å². The molecule has 2 atom stereocenters. The summed E-state index contributed by atoms with van der Waals surface area (Å²) >= 11 is 0. The van der Waals surface area contributed by atoms with Gasteiger partial charge in [-0.15, -0.1) is 0 Å². The summed E-state index contributed by atoms with van der Waals surface area (Å²) in [6.45, 7) is 7.52. The average molecular weight is 358 g/mol. The molecule has 2 unspecified atom stereocenters. The highest BCUT2D eigenvalue weighted by molar-refractivity contribution is 6.07. The van der Waals surface area contributed by atoms with Gasteiger partial charge in [-0.1, -0.05) is 26.8 Å². The monoisotopic (exact) mass is 358 g/mol. The van der Waals surface area contributed by atoms with Gasteiger partial charge >= 0.3 is 0 Å². The molecule has 26 heavy (non-hydrogen) atoms. The van der Waals surface area contributed by atoms with Crippen LogP contribution in [0.4, 0.5) is 5.69 Å². The minimum absolute atomic E-state index is 0.216. The number of imide groups is 1. The van der Waals surface area contributed by atoms with Gasteiger partial charge in [0.25, 0.3) is 0 Å². The molecule has 2 bridgehead atoms. The van der Waals surface area contributed by atoms with E-state index in [1.54, 1.807) is 12.1 Å². The Balaban J connectivity index is 1.79. The Labute approximate surface area is 153 Å². The number of methoxy groups -OCH3 is 1. The van der Waals surface area contributed by atoms with Crippen LogP contribution < -0.4 is 10.1 Å². The molecule has 2 fully saturated rings. The second-order valence-electron chi connectivity index (χ2n) is 8.13. The fourth-order valence-electron chi connectivity index (χ4n) is 4.30. The van der Waals surface area contributed by atoms with Crippen LogP contribution in [0.3, 0.4) is 0 Å². The van der Waals surface area contributed by atoms with Crippen molar-refractivity contribution in [3.8, 4) is 5.75 Å². The number of hydrogen-bond acceptors (Lipinski definition) is 4. The highest BCUT2D eigenvalue weighted by Crippen LogP contribution is 2.59. The Hall–Kier alpha value is -2.37. The third kappa shape index (κ3) is 2.59. The fourth-order valence-corrected chi connectivity index (χ4v) is 4.30. The SMILES string of the molecule is COc1ccc(C)cc1NC(=O)CN1C(=O)C2CCC(C)(C1=O)C2(C)C. The maximum absolute atomic E-state index is 13.0. The second-order valence-corrected chi connectivity index (χ2v) is 8.13. The molecule has 140 valence electrons. The molecule has 6 heteroatoms. The number of hydrogen-bond donors (Lipinski definition) is 1. The van der Waals surface area contributed by atoms with Crippen molar-refractivity contribution >= 4 is 23.4 Å². The van der Waals surface area contributed by atoms with Crippen LogP contribution in [-0.2, 0) is 14.4 Å². The largest absolute Gasteiger partial charge is 0.495 e. The van der Waals surface area contributed by atoms with Crippen molar-refractivity contribution in [2.45, 2.75) is 40.5 Å². The lowest BCUT2D eigenvalue weighted by molar-refractivity contribution is -0.168. The Morgan fingerprint density at radius 1 is 1.31 bits per heavy atom. The zero-order valence-electron chi connectivity index (χ0n) is 16.0. The Morgan fingerprint density at radius 3 is 2.65 bits per heavy atom. The molecule has 1 N–H and O–H groups in total. The van der Waals surface area contributed by atoms with Gasteiger partial charge in [-0.25, -0.2) is 0 Å². The molecule has 1 saturated carbocycles. The quantitative estimate of drug-likeness (QED) is 0.840. The highest BCUT2D eigenvalue weighted by atomic mass is 16.5. The number of aryl methyl sites for hydroxylation is 1. The highest BCUT2D eigenvalue weighted by Gasteiger charge is 2.64. The Kier molecular flexibility index (Phi) is 4.33. The van der Waals surface area contributed by atoms with Crippen LogP contribution in [-0.4, -0.2) is 36.3 Å². The van der Waals surface area contributed by atoms with Crippen molar-refractivity contribution < 1.29 is 19.1 Å². The molecule has 3 rings (SSSR count). The first-order valence-corrected chi connectivity index (χ1v) is 8.92. The summed E-state index contributed by atoms with van der Waals surface area (Å²) in [4.78, 5) is 39.5. The Bertz CT molecular complexity index is 786. The normalized spacial score (nSPS) is 26.8. The summed E-state index contributed by atoms with van der Waals surface area (Å²) < 4.78 is 5.26. The average Bonchev–Trinajstić information content (AvgIpc) is 2.76. The van der Waals surface area contributed by atoms with Gasteiger partial charge in [0.15, 0.2) is 0 Å². The smallest absolute Gasteiger partial charge is 0.244 e. The third-order valence-electron chi connectivity index (χ3n) is 6.44. The number of anilines is 1. The number of carbonyl (C=O) groups excluding carboxylic acids is 3. The Morgan fingerprint density at radius 2 is 2.00 bits per heavy atom. The second kappa shape index (κ2) is 6.11. The predicted octanol–water partition coefficient (Wildman–Crippen LogP) is 2.75. The summed E-state index contributed by atoms with van der Waals surface area (Å²) in [6.07, 6.45) is 1.37. The summed E-state index contributed by atoms with van der Waals surface area (Å²) in [5, 5.41) is 2.76. The molecule has 0 aromatic heterocycles. The molecule has 0 spiro atoms. The molecule has 3 amide bonds. The van der Waals surface area contributed by atoms with Gasteiger partial charge in [0.05, 0.1) is 18.2 Å².